The highest BCUT2D eigenvalue weighted by atomic mass is 16.5. The maximum atomic E-state index is 11.6. The molecule has 19 heavy (non-hydrogen) atoms. The summed E-state index contributed by atoms with van der Waals surface area (Å²) in [6.45, 7) is 3.99. The van der Waals surface area contributed by atoms with Crippen molar-refractivity contribution >= 4 is 11.5 Å². The van der Waals surface area contributed by atoms with Gasteiger partial charge in [-0.25, -0.2) is 0 Å². The van der Waals surface area contributed by atoms with Crippen molar-refractivity contribution in [2.24, 2.45) is 0 Å². The van der Waals surface area contributed by atoms with E-state index in [1.807, 2.05) is 31.2 Å². The average molecular weight is 255 g/mol. The quantitative estimate of drug-likeness (QED) is 0.673. The molecule has 0 amide bonds. The van der Waals surface area contributed by atoms with Gasteiger partial charge in [0.25, 0.3) is 0 Å². The minimum Gasteiger partial charge on any atom is -0.488 e. The summed E-state index contributed by atoms with van der Waals surface area (Å²) in [5.74, 6) is 0.525. The summed E-state index contributed by atoms with van der Waals surface area (Å²) in [5.41, 5.74) is 9.05. The lowest BCUT2D eigenvalue weighted by atomic mass is 10.1. The SMILES string of the molecule is CC(=O)c1cc(N)ccc1OCc1ccccc1C. The van der Waals surface area contributed by atoms with Crippen molar-refractivity contribution in [1.29, 1.82) is 0 Å². The molecule has 2 aromatic carbocycles. The van der Waals surface area contributed by atoms with E-state index in [1.165, 1.54) is 12.5 Å². The molecule has 0 radical (unpaired) electrons. The molecule has 0 saturated heterocycles. The van der Waals surface area contributed by atoms with E-state index in [1.54, 1.807) is 18.2 Å². The smallest absolute Gasteiger partial charge is 0.163 e. The second-order valence-electron chi connectivity index (χ2n) is 4.53. The molecule has 0 unspecified atom stereocenters. The molecule has 3 heteroatoms. The van der Waals surface area contributed by atoms with Crippen LogP contribution >= 0.6 is 0 Å². The molecule has 0 fully saturated rings. The van der Waals surface area contributed by atoms with Gasteiger partial charge in [-0.1, -0.05) is 24.3 Å². The lowest BCUT2D eigenvalue weighted by molar-refractivity contribution is 0.101. The number of ketones is 1. The van der Waals surface area contributed by atoms with Crippen molar-refractivity contribution < 1.29 is 9.53 Å². The molecule has 0 aliphatic carbocycles. The number of carbonyl (C=O) groups excluding carboxylic acids is 1. The van der Waals surface area contributed by atoms with Crippen LogP contribution in [0.15, 0.2) is 42.5 Å². The van der Waals surface area contributed by atoms with Crippen LogP contribution in [0.25, 0.3) is 0 Å². The first-order valence-electron chi connectivity index (χ1n) is 6.15. The Morgan fingerprint density at radius 2 is 1.95 bits per heavy atom. The predicted molar refractivity (Wildman–Crippen MR) is 76.4 cm³/mol. The van der Waals surface area contributed by atoms with Gasteiger partial charge in [-0.15, -0.1) is 0 Å². The third kappa shape index (κ3) is 3.13. The summed E-state index contributed by atoms with van der Waals surface area (Å²) in [6, 6.07) is 13.1. The highest BCUT2D eigenvalue weighted by Gasteiger charge is 2.09. The van der Waals surface area contributed by atoms with Crippen molar-refractivity contribution in [3.8, 4) is 5.75 Å². The van der Waals surface area contributed by atoms with Crippen LogP contribution in [-0.4, -0.2) is 5.78 Å². The van der Waals surface area contributed by atoms with Crippen molar-refractivity contribution in [3.05, 3.63) is 59.2 Å². The molecule has 3 nitrogen and oxygen atoms in total. The zero-order valence-electron chi connectivity index (χ0n) is 11.1. The van der Waals surface area contributed by atoms with E-state index in [2.05, 4.69) is 0 Å². The maximum Gasteiger partial charge on any atom is 0.163 e. The fourth-order valence-corrected chi connectivity index (χ4v) is 1.88. The second kappa shape index (κ2) is 5.57. The second-order valence-corrected chi connectivity index (χ2v) is 4.53. The number of ether oxygens (including phenoxy) is 1. The Balaban J connectivity index is 2.20. The lowest BCUT2D eigenvalue weighted by Gasteiger charge is -2.12. The predicted octanol–water partition coefficient (Wildman–Crippen LogP) is 3.36. The van der Waals surface area contributed by atoms with Crippen molar-refractivity contribution in [3.63, 3.8) is 0 Å². The van der Waals surface area contributed by atoms with Gasteiger partial charge in [-0.05, 0) is 43.2 Å². The van der Waals surface area contributed by atoms with Gasteiger partial charge in [-0.3, -0.25) is 4.79 Å². The summed E-state index contributed by atoms with van der Waals surface area (Å²) in [7, 11) is 0. The summed E-state index contributed by atoms with van der Waals surface area (Å²) < 4.78 is 5.74. The van der Waals surface area contributed by atoms with Crippen molar-refractivity contribution in [2.45, 2.75) is 20.5 Å². The number of nitrogens with two attached hydrogens (primary N) is 1. The number of anilines is 1. The van der Waals surface area contributed by atoms with E-state index in [-0.39, 0.29) is 5.78 Å². The van der Waals surface area contributed by atoms with Crippen LogP contribution in [0.2, 0.25) is 0 Å². The van der Waals surface area contributed by atoms with Gasteiger partial charge in [0.2, 0.25) is 0 Å². The Labute approximate surface area is 113 Å². The number of carbonyl (C=O) groups is 1. The Kier molecular flexibility index (Phi) is 3.85. The van der Waals surface area contributed by atoms with Gasteiger partial charge >= 0.3 is 0 Å². The molecule has 2 N–H and O–H groups in total. The molecule has 0 atom stereocenters. The lowest BCUT2D eigenvalue weighted by Crippen LogP contribution is -2.03. The topological polar surface area (TPSA) is 52.3 Å². The first kappa shape index (κ1) is 13.1. The van der Waals surface area contributed by atoms with Crippen LogP contribution in [0.3, 0.4) is 0 Å². The highest BCUT2D eigenvalue weighted by Crippen LogP contribution is 2.23. The van der Waals surface area contributed by atoms with E-state index in [9.17, 15) is 4.79 Å². The van der Waals surface area contributed by atoms with Gasteiger partial charge < -0.3 is 10.5 Å². The van der Waals surface area contributed by atoms with E-state index >= 15 is 0 Å². The van der Waals surface area contributed by atoms with Crippen LogP contribution in [-0.2, 0) is 6.61 Å². The normalized spacial score (nSPS) is 10.2. The molecule has 0 aromatic heterocycles. The molecule has 0 bridgehead atoms. The van der Waals surface area contributed by atoms with Crippen LogP contribution in [0.4, 0.5) is 5.69 Å². The number of nitrogen functional groups attached to an aromatic ring is 1. The standard InChI is InChI=1S/C16H17NO2/c1-11-5-3-4-6-13(11)10-19-16-8-7-14(17)9-15(16)12(2)18/h3-9H,10,17H2,1-2H3. The first-order chi connectivity index (χ1) is 9.08. The van der Waals surface area contributed by atoms with E-state index in [0.29, 0.717) is 23.6 Å². The van der Waals surface area contributed by atoms with Gasteiger partial charge in [0.1, 0.15) is 12.4 Å². The Morgan fingerprint density at radius 3 is 2.63 bits per heavy atom. The molecule has 0 saturated carbocycles. The Bertz CT molecular complexity index is 605. The van der Waals surface area contributed by atoms with Crippen molar-refractivity contribution in [2.75, 3.05) is 5.73 Å². The monoisotopic (exact) mass is 255 g/mol. The molecule has 0 aliphatic rings. The summed E-state index contributed by atoms with van der Waals surface area (Å²) >= 11 is 0. The molecule has 98 valence electrons. The number of benzene rings is 2. The summed E-state index contributed by atoms with van der Waals surface area (Å²) in [5, 5.41) is 0. The van der Waals surface area contributed by atoms with E-state index in [0.717, 1.165) is 5.56 Å². The zero-order chi connectivity index (χ0) is 13.8. The van der Waals surface area contributed by atoms with Crippen LogP contribution in [0.1, 0.15) is 28.4 Å². The van der Waals surface area contributed by atoms with Gasteiger partial charge in [0, 0.05) is 5.69 Å². The first-order valence-corrected chi connectivity index (χ1v) is 6.15. The van der Waals surface area contributed by atoms with Crippen LogP contribution in [0, 0.1) is 6.92 Å². The number of hydrogen-bond acceptors (Lipinski definition) is 3. The highest BCUT2D eigenvalue weighted by molar-refractivity contribution is 5.97. The summed E-state index contributed by atoms with van der Waals surface area (Å²) in [4.78, 5) is 11.6. The number of hydrogen-bond donors (Lipinski definition) is 1. The Hall–Kier alpha value is -2.29. The average Bonchev–Trinajstić information content (AvgIpc) is 2.38. The fourth-order valence-electron chi connectivity index (χ4n) is 1.88. The summed E-state index contributed by atoms with van der Waals surface area (Å²) in [6.07, 6.45) is 0. The third-order valence-corrected chi connectivity index (χ3v) is 3.03. The molecular formula is C16H17NO2. The van der Waals surface area contributed by atoms with Gasteiger partial charge in [0.05, 0.1) is 5.56 Å². The molecule has 0 aliphatic heterocycles. The van der Waals surface area contributed by atoms with Gasteiger partial charge in [-0.2, -0.15) is 0 Å². The largest absolute Gasteiger partial charge is 0.488 e. The number of aryl methyl sites for hydroxylation is 1. The van der Waals surface area contributed by atoms with E-state index < -0.39 is 0 Å². The van der Waals surface area contributed by atoms with E-state index in [4.69, 9.17) is 10.5 Å². The minimum atomic E-state index is -0.0490. The molecule has 2 aromatic rings. The van der Waals surface area contributed by atoms with Crippen LogP contribution < -0.4 is 10.5 Å². The maximum absolute atomic E-state index is 11.6. The fraction of sp³-hybridized carbons (Fsp3) is 0.188. The van der Waals surface area contributed by atoms with Crippen molar-refractivity contribution in [1.82, 2.24) is 0 Å². The molecule has 0 heterocycles. The molecule has 2 rings (SSSR count). The Morgan fingerprint density at radius 1 is 1.21 bits per heavy atom. The zero-order valence-corrected chi connectivity index (χ0v) is 11.1. The van der Waals surface area contributed by atoms with Crippen LogP contribution in [0.5, 0.6) is 5.75 Å². The molecular weight excluding hydrogens is 238 g/mol. The number of rotatable bonds is 4. The number of Topliss-reactive ketones (excluding diaryl/α,β-unsaturated/α-hetero) is 1. The molecule has 0 spiro atoms. The van der Waals surface area contributed by atoms with Gasteiger partial charge in [0.15, 0.2) is 5.78 Å². The third-order valence-electron chi connectivity index (χ3n) is 3.03. The minimum absolute atomic E-state index is 0.0490.